The monoisotopic (exact) mass is 349 g/mol. The summed E-state index contributed by atoms with van der Waals surface area (Å²) >= 11 is 0. The number of hydrogen-bond acceptors (Lipinski definition) is 2. The highest BCUT2D eigenvalue weighted by molar-refractivity contribution is 6.02. The van der Waals surface area contributed by atoms with Crippen molar-refractivity contribution in [2.24, 2.45) is 0 Å². The number of allylic oxidation sites excluding steroid dienone is 2. The lowest BCUT2D eigenvalue weighted by Gasteiger charge is -2.35. The van der Waals surface area contributed by atoms with Gasteiger partial charge in [0.1, 0.15) is 5.82 Å². The third-order valence-electron chi connectivity index (χ3n) is 5.44. The molecule has 1 aliphatic heterocycles. The van der Waals surface area contributed by atoms with Crippen LogP contribution in [0.4, 0.5) is 4.39 Å². The van der Waals surface area contributed by atoms with E-state index < -0.39 is 0 Å². The first-order valence-corrected chi connectivity index (χ1v) is 8.90. The van der Waals surface area contributed by atoms with E-state index in [9.17, 15) is 14.0 Å². The van der Waals surface area contributed by atoms with Gasteiger partial charge in [-0.25, -0.2) is 4.39 Å². The number of nitrogens with one attached hydrogen (secondary N) is 1. The van der Waals surface area contributed by atoms with E-state index in [0.717, 1.165) is 28.0 Å². The van der Waals surface area contributed by atoms with Crippen LogP contribution in [0, 0.1) is 12.7 Å². The molecule has 4 rings (SSSR count). The standard InChI is InChI=1S/C22H20FNO2/c1-13-4-2-3-5-17(13)18-12-21(26)24-19-10-15(11-20(25)22(18)19)14-6-8-16(23)9-7-14/h2-9,15,18H,10-12H2,1H3,(H,24,26)/t15-,18-/m1/s1. The van der Waals surface area contributed by atoms with Crippen LogP contribution in [-0.2, 0) is 9.59 Å². The number of amides is 1. The Balaban J connectivity index is 1.73. The van der Waals surface area contributed by atoms with Crippen molar-refractivity contribution in [3.05, 3.63) is 82.3 Å². The Hall–Kier alpha value is -2.75. The van der Waals surface area contributed by atoms with Crippen LogP contribution >= 0.6 is 0 Å². The molecule has 0 spiro atoms. The topological polar surface area (TPSA) is 46.2 Å². The summed E-state index contributed by atoms with van der Waals surface area (Å²) in [5.74, 6) is -0.473. The lowest BCUT2D eigenvalue weighted by Crippen LogP contribution is -2.38. The van der Waals surface area contributed by atoms with Crippen LogP contribution in [0.15, 0.2) is 59.8 Å². The predicted molar refractivity (Wildman–Crippen MR) is 97.1 cm³/mol. The second-order valence-electron chi connectivity index (χ2n) is 7.13. The Kier molecular flexibility index (Phi) is 4.19. The fraction of sp³-hybridized carbons (Fsp3) is 0.273. The van der Waals surface area contributed by atoms with Gasteiger partial charge in [0.15, 0.2) is 5.78 Å². The summed E-state index contributed by atoms with van der Waals surface area (Å²) in [6, 6.07) is 14.2. The first-order chi connectivity index (χ1) is 12.5. The van der Waals surface area contributed by atoms with Gasteiger partial charge in [-0.2, -0.15) is 0 Å². The fourth-order valence-corrected chi connectivity index (χ4v) is 4.17. The molecule has 0 bridgehead atoms. The zero-order valence-electron chi connectivity index (χ0n) is 14.6. The minimum atomic E-state index is -0.290. The second kappa shape index (κ2) is 6.52. The average molecular weight is 349 g/mol. The summed E-state index contributed by atoms with van der Waals surface area (Å²) in [6.45, 7) is 2.01. The molecule has 26 heavy (non-hydrogen) atoms. The van der Waals surface area contributed by atoms with Crippen LogP contribution in [0.25, 0.3) is 0 Å². The second-order valence-corrected chi connectivity index (χ2v) is 7.13. The maximum Gasteiger partial charge on any atom is 0.225 e. The lowest BCUT2D eigenvalue weighted by atomic mass is 9.73. The molecule has 0 saturated heterocycles. The molecule has 2 aromatic rings. The number of Topliss-reactive ketones (excluding diaryl/α,β-unsaturated/α-hetero) is 1. The molecule has 1 heterocycles. The minimum Gasteiger partial charge on any atom is -0.329 e. The Labute approximate surface area is 151 Å². The normalized spacial score (nSPS) is 22.8. The van der Waals surface area contributed by atoms with E-state index in [2.05, 4.69) is 5.32 Å². The summed E-state index contributed by atoms with van der Waals surface area (Å²) < 4.78 is 13.2. The Bertz CT molecular complexity index is 914. The van der Waals surface area contributed by atoms with E-state index in [1.54, 1.807) is 12.1 Å². The van der Waals surface area contributed by atoms with Gasteiger partial charge < -0.3 is 5.32 Å². The zero-order chi connectivity index (χ0) is 18.3. The van der Waals surface area contributed by atoms with Crippen molar-refractivity contribution in [2.75, 3.05) is 0 Å². The molecule has 0 aromatic heterocycles. The van der Waals surface area contributed by atoms with Crippen LogP contribution in [0.1, 0.15) is 47.8 Å². The molecule has 2 atom stereocenters. The molecule has 1 aliphatic carbocycles. The molecule has 2 aromatic carbocycles. The van der Waals surface area contributed by atoms with Crippen LogP contribution in [-0.4, -0.2) is 11.7 Å². The SMILES string of the molecule is Cc1ccccc1[C@H]1CC(=O)NC2=C1C(=O)C[C@H](c1ccc(F)cc1)C2. The van der Waals surface area contributed by atoms with E-state index in [1.165, 1.54) is 12.1 Å². The minimum absolute atomic E-state index is 0.0298. The first kappa shape index (κ1) is 16.7. The van der Waals surface area contributed by atoms with Crippen molar-refractivity contribution in [2.45, 2.75) is 38.0 Å². The summed E-state index contributed by atoms with van der Waals surface area (Å²) in [6.07, 6.45) is 1.29. The Morgan fingerprint density at radius 3 is 2.42 bits per heavy atom. The molecule has 0 unspecified atom stereocenters. The number of carbonyl (C=O) groups excluding carboxylic acids is 2. The van der Waals surface area contributed by atoms with Crippen molar-refractivity contribution >= 4 is 11.7 Å². The van der Waals surface area contributed by atoms with Crippen molar-refractivity contribution in [3.8, 4) is 0 Å². The van der Waals surface area contributed by atoms with E-state index in [4.69, 9.17) is 0 Å². The molecule has 0 radical (unpaired) electrons. The molecular formula is C22H20FNO2. The first-order valence-electron chi connectivity index (χ1n) is 8.90. The Morgan fingerprint density at radius 1 is 0.962 bits per heavy atom. The number of hydrogen-bond donors (Lipinski definition) is 1. The largest absolute Gasteiger partial charge is 0.329 e. The quantitative estimate of drug-likeness (QED) is 0.886. The zero-order valence-corrected chi connectivity index (χ0v) is 14.6. The molecule has 132 valence electrons. The average Bonchev–Trinajstić information content (AvgIpc) is 2.61. The molecule has 4 heteroatoms. The Morgan fingerprint density at radius 2 is 1.69 bits per heavy atom. The number of rotatable bonds is 2. The molecule has 1 N–H and O–H groups in total. The van der Waals surface area contributed by atoms with E-state index >= 15 is 0 Å². The van der Waals surface area contributed by atoms with Gasteiger partial charge in [0, 0.05) is 30.0 Å². The van der Waals surface area contributed by atoms with E-state index in [-0.39, 0.29) is 29.3 Å². The van der Waals surface area contributed by atoms with Gasteiger partial charge in [0.2, 0.25) is 5.91 Å². The van der Waals surface area contributed by atoms with Gasteiger partial charge in [0.05, 0.1) is 0 Å². The summed E-state index contributed by atoms with van der Waals surface area (Å²) in [5, 5.41) is 2.92. The highest BCUT2D eigenvalue weighted by Crippen LogP contribution is 2.43. The molecule has 1 amide bonds. The number of halogens is 1. The lowest BCUT2D eigenvalue weighted by molar-refractivity contribution is -0.122. The van der Waals surface area contributed by atoms with Crippen molar-refractivity contribution in [1.82, 2.24) is 5.32 Å². The summed E-state index contributed by atoms with van der Waals surface area (Å²) in [5.41, 5.74) is 4.55. The molecule has 2 aliphatic rings. The number of carbonyl (C=O) groups is 2. The highest BCUT2D eigenvalue weighted by Gasteiger charge is 2.38. The van der Waals surface area contributed by atoms with E-state index in [1.807, 2.05) is 31.2 Å². The molecule has 0 fully saturated rings. The van der Waals surface area contributed by atoms with Gasteiger partial charge in [0.25, 0.3) is 0 Å². The highest BCUT2D eigenvalue weighted by atomic mass is 19.1. The van der Waals surface area contributed by atoms with Crippen LogP contribution in [0.2, 0.25) is 0 Å². The van der Waals surface area contributed by atoms with Crippen molar-refractivity contribution in [1.29, 1.82) is 0 Å². The maximum absolute atomic E-state index is 13.2. The van der Waals surface area contributed by atoms with Crippen LogP contribution < -0.4 is 5.32 Å². The van der Waals surface area contributed by atoms with Crippen molar-refractivity contribution in [3.63, 3.8) is 0 Å². The van der Waals surface area contributed by atoms with Gasteiger partial charge in [-0.1, -0.05) is 36.4 Å². The van der Waals surface area contributed by atoms with E-state index in [0.29, 0.717) is 19.3 Å². The number of ketones is 1. The van der Waals surface area contributed by atoms with Gasteiger partial charge in [-0.05, 0) is 48.1 Å². The van der Waals surface area contributed by atoms with Crippen LogP contribution in [0.3, 0.4) is 0 Å². The van der Waals surface area contributed by atoms with Gasteiger partial charge >= 0.3 is 0 Å². The fourth-order valence-electron chi connectivity index (χ4n) is 4.17. The van der Waals surface area contributed by atoms with Gasteiger partial charge in [-0.3, -0.25) is 9.59 Å². The number of benzene rings is 2. The third kappa shape index (κ3) is 2.96. The molecule has 0 saturated carbocycles. The predicted octanol–water partition coefficient (Wildman–Crippen LogP) is 4.14. The molecule has 3 nitrogen and oxygen atoms in total. The third-order valence-corrected chi connectivity index (χ3v) is 5.44. The molecular weight excluding hydrogens is 329 g/mol. The summed E-state index contributed by atoms with van der Waals surface area (Å²) in [7, 11) is 0. The summed E-state index contributed by atoms with van der Waals surface area (Å²) in [4.78, 5) is 25.3. The van der Waals surface area contributed by atoms with Gasteiger partial charge in [-0.15, -0.1) is 0 Å². The van der Waals surface area contributed by atoms with Crippen molar-refractivity contribution < 1.29 is 14.0 Å². The van der Waals surface area contributed by atoms with Crippen LogP contribution in [0.5, 0.6) is 0 Å². The number of aryl methyl sites for hydroxylation is 1. The smallest absolute Gasteiger partial charge is 0.225 e. The maximum atomic E-state index is 13.2.